The molecule has 0 fully saturated rings. The lowest BCUT2D eigenvalue weighted by atomic mass is 9.97. The number of ether oxygens (including phenoxy) is 2. The number of amides is 4. The molecule has 0 spiro atoms. The van der Waals surface area contributed by atoms with Crippen molar-refractivity contribution < 1.29 is 38.7 Å². The highest BCUT2D eigenvalue weighted by Gasteiger charge is 2.33. The van der Waals surface area contributed by atoms with Crippen LogP contribution in [0.25, 0.3) is 0 Å². The summed E-state index contributed by atoms with van der Waals surface area (Å²) in [5, 5.41) is 18.5. The topological polar surface area (TPSA) is 163 Å². The summed E-state index contributed by atoms with van der Waals surface area (Å²) in [5.41, 5.74) is 0.665. The number of hydrogen-bond acceptors (Lipinski definition) is 8. The molecule has 2 aromatic carbocycles. The van der Waals surface area contributed by atoms with Crippen molar-refractivity contribution >= 4 is 29.8 Å². The fourth-order valence-corrected chi connectivity index (χ4v) is 4.26. The summed E-state index contributed by atoms with van der Waals surface area (Å²) in [5.74, 6) is -3.41. The van der Waals surface area contributed by atoms with Crippen LogP contribution in [0.15, 0.2) is 60.7 Å². The van der Waals surface area contributed by atoms with Crippen molar-refractivity contribution in [2.75, 3.05) is 13.7 Å². The van der Waals surface area contributed by atoms with E-state index in [1.807, 2.05) is 37.3 Å². The minimum absolute atomic E-state index is 0.0197. The van der Waals surface area contributed by atoms with Gasteiger partial charge in [-0.05, 0) is 37.8 Å². The number of benzene rings is 2. The van der Waals surface area contributed by atoms with Crippen molar-refractivity contribution in [2.45, 2.75) is 77.6 Å². The lowest BCUT2D eigenvalue weighted by Gasteiger charge is -2.28. The summed E-state index contributed by atoms with van der Waals surface area (Å²) in [6.45, 7) is 7.77. The molecule has 2 aromatic rings. The fraction of sp³-hybridized carbons (Fsp3) is 0.469. The number of carbonyl (C=O) groups is 5. The molecule has 0 aliphatic rings. The maximum Gasteiger partial charge on any atom is 0.408 e. The van der Waals surface area contributed by atoms with Crippen molar-refractivity contribution in [3.8, 4) is 0 Å². The highest BCUT2D eigenvalue weighted by molar-refractivity contribution is 5.93. The lowest BCUT2D eigenvalue weighted by molar-refractivity contribution is -0.171. The van der Waals surface area contributed by atoms with Gasteiger partial charge in [0.25, 0.3) is 5.91 Å². The van der Waals surface area contributed by atoms with Gasteiger partial charge in [0.15, 0.2) is 0 Å². The average Bonchev–Trinajstić information content (AvgIpc) is 2.98. The Labute approximate surface area is 258 Å². The van der Waals surface area contributed by atoms with Crippen LogP contribution in [0, 0.1) is 5.92 Å². The van der Waals surface area contributed by atoms with E-state index in [4.69, 9.17) is 9.47 Å². The van der Waals surface area contributed by atoms with Gasteiger partial charge in [0.05, 0.1) is 7.11 Å². The number of nitrogens with zero attached hydrogens (tertiary/aromatic N) is 1. The van der Waals surface area contributed by atoms with Gasteiger partial charge in [-0.1, -0.05) is 80.9 Å². The first-order valence-electron chi connectivity index (χ1n) is 14.5. The molecule has 0 bridgehead atoms. The fourth-order valence-electron chi connectivity index (χ4n) is 4.26. The first kappa shape index (κ1) is 35.7. The molecule has 0 radical (unpaired) electrons. The van der Waals surface area contributed by atoms with E-state index in [1.54, 1.807) is 58.0 Å². The molecule has 4 N–H and O–H groups in total. The van der Waals surface area contributed by atoms with Gasteiger partial charge in [0.2, 0.25) is 11.8 Å². The van der Waals surface area contributed by atoms with Crippen LogP contribution in [-0.2, 0) is 41.5 Å². The second kappa shape index (κ2) is 17.0. The molecule has 0 saturated heterocycles. The Morgan fingerprint density at radius 3 is 1.84 bits per heavy atom. The van der Waals surface area contributed by atoms with Gasteiger partial charge in [-0.15, -0.1) is 0 Å². The first-order valence-corrected chi connectivity index (χ1v) is 14.5. The summed E-state index contributed by atoms with van der Waals surface area (Å²) < 4.78 is 10.1. The third-order valence-electron chi connectivity index (χ3n) is 6.72. The Kier molecular flexibility index (Phi) is 13.8. The van der Waals surface area contributed by atoms with Crippen LogP contribution >= 0.6 is 0 Å². The summed E-state index contributed by atoms with van der Waals surface area (Å²) >= 11 is 0. The van der Waals surface area contributed by atoms with Gasteiger partial charge in [-0.3, -0.25) is 19.6 Å². The summed E-state index contributed by atoms with van der Waals surface area (Å²) in [6.07, 6.45) is -0.173. The average molecular weight is 613 g/mol. The molecule has 0 saturated carbocycles. The van der Waals surface area contributed by atoms with Crippen LogP contribution in [0.2, 0.25) is 0 Å². The van der Waals surface area contributed by atoms with Crippen molar-refractivity contribution in [3.63, 3.8) is 0 Å². The number of rotatable bonds is 14. The Bertz CT molecular complexity index is 1250. The van der Waals surface area contributed by atoms with Crippen molar-refractivity contribution in [1.82, 2.24) is 21.0 Å². The monoisotopic (exact) mass is 612 g/mol. The van der Waals surface area contributed by atoms with Crippen LogP contribution < -0.4 is 16.0 Å². The molecule has 2 rings (SSSR count). The summed E-state index contributed by atoms with van der Waals surface area (Å²) in [7, 11) is 1.22. The maximum atomic E-state index is 13.3. The van der Waals surface area contributed by atoms with Crippen LogP contribution in [0.3, 0.4) is 0 Å². The molecule has 44 heavy (non-hydrogen) atoms. The number of alkyl carbamates (subject to hydrolysis) is 1. The third kappa shape index (κ3) is 12.0. The Hall–Kier alpha value is -4.45. The quantitative estimate of drug-likeness (QED) is 0.144. The van der Waals surface area contributed by atoms with Crippen LogP contribution in [0.5, 0.6) is 0 Å². The molecular formula is C32H44N4O8. The van der Waals surface area contributed by atoms with Crippen LogP contribution in [0.4, 0.5) is 4.79 Å². The van der Waals surface area contributed by atoms with Crippen molar-refractivity contribution in [3.05, 3.63) is 71.8 Å². The first-order chi connectivity index (χ1) is 20.7. The minimum Gasteiger partial charge on any atom is -0.467 e. The second-order valence-corrected chi connectivity index (χ2v) is 11.5. The van der Waals surface area contributed by atoms with Gasteiger partial charge in [-0.2, -0.15) is 0 Å². The standard InChI is InChI=1S/C32H44N4O8/c1-7-21(2)27(28(38)33-25(30(40)43-6)19-23-16-12-9-13-17-23)35-26(37)20-36(42)29(39)24(18-22-14-10-8-11-15-22)34-31(41)44-32(3,4)5/h8-17,21,24-25,27,42H,7,18-20H2,1-6H3,(H,33,38)(H,34,41)(H,35,37)/t21-,24-,25-,27-/m0/s1. The van der Waals surface area contributed by atoms with Crippen LogP contribution in [-0.4, -0.2) is 77.4 Å². The van der Waals surface area contributed by atoms with E-state index in [9.17, 15) is 29.2 Å². The van der Waals surface area contributed by atoms with E-state index in [0.29, 0.717) is 12.0 Å². The van der Waals surface area contributed by atoms with Gasteiger partial charge in [-0.25, -0.2) is 14.7 Å². The largest absolute Gasteiger partial charge is 0.467 e. The normalized spacial score (nSPS) is 13.8. The van der Waals surface area contributed by atoms with Crippen molar-refractivity contribution in [1.29, 1.82) is 0 Å². The number of methoxy groups -OCH3 is 1. The van der Waals surface area contributed by atoms with E-state index in [1.165, 1.54) is 7.11 Å². The zero-order valence-electron chi connectivity index (χ0n) is 26.2. The second-order valence-electron chi connectivity index (χ2n) is 11.5. The number of hydrogen-bond donors (Lipinski definition) is 4. The van der Waals surface area contributed by atoms with E-state index < -0.39 is 60.1 Å². The number of esters is 1. The number of hydroxylamine groups is 2. The van der Waals surface area contributed by atoms with Gasteiger partial charge < -0.3 is 25.4 Å². The van der Waals surface area contributed by atoms with E-state index in [-0.39, 0.29) is 23.8 Å². The predicted octanol–water partition coefficient (Wildman–Crippen LogP) is 2.77. The summed E-state index contributed by atoms with van der Waals surface area (Å²) in [4.78, 5) is 64.5. The Morgan fingerprint density at radius 2 is 1.36 bits per heavy atom. The highest BCUT2D eigenvalue weighted by atomic mass is 16.6. The Morgan fingerprint density at radius 1 is 0.841 bits per heavy atom. The van der Waals surface area contributed by atoms with E-state index in [0.717, 1.165) is 5.56 Å². The lowest BCUT2D eigenvalue weighted by Crippen LogP contribution is -2.57. The Balaban J connectivity index is 2.14. The molecule has 12 nitrogen and oxygen atoms in total. The molecule has 4 atom stereocenters. The molecule has 0 aromatic heterocycles. The zero-order valence-corrected chi connectivity index (χ0v) is 26.2. The van der Waals surface area contributed by atoms with Gasteiger partial charge >= 0.3 is 12.1 Å². The zero-order chi connectivity index (χ0) is 32.9. The van der Waals surface area contributed by atoms with Gasteiger partial charge in [0.1, 0.15) is 30.3 Å². The maximum absolute atomic E-state index is 13.3. The number of nitrogens with one attached hydrogen (secondary N) is 3. The molecule has 12 heteroatoms. The van der Waals surface area contributed by atoms with Gasteiger partial charge in [0, 0.05) is 12.8 Å². The highest BCUT2D eigenvalue weighted by Crippen LogP contribution is 2.12. The molecule has 0 aliphatic carbocycles. The predicted molar refractivity (Wildman–Crippen MR) is 162 cm³/mol. The smallest absolute Gasteiger partial charge is 0.408 e. The molecular weight excluding hydrogens is 568 g/mol. The van der Waals surface area contributed by atoms with Crippen molar-refractivity contribution in [2.24, 2.45) is 5.92 Å². The third-order valence-corrected chi connectivity index (χ3v) is 6.72. The summed E-state index contributed by atoms with van der Waals surface area (Å²) in [6, 6.07) is 14.5. The van der Waals surface area contributed by atoms with E-state index in [2.05, 4.69) is 16.0 Å². The van der Waals surface area contributed by atoms with Crippen LogP contribution in [0.1, 0.15) is 52.2 Å². The minimum atomic E-state index is -1.25. The molecule has 0 unspecified atom stereocenters. The molecule has 0 aliphatic heterocycles. The van der Waals surface area contributed by atoms with E-state index >= 15 is 0 Å². The molecule has 4 amide bonds. The molecule has 240 valence electrons. The SMILES string of the molecule is CC[C@H](C)[C@H](NC(=O)CN(O)C(=O)[C@H](Cc1ccccc1)NC(=O)OC(C)(C)C)C(=O)N[C@@H](Cc1ccccc1)C(=O)OC. The number of carbonyl (C=O) groups excluding carboxylic acids is 5. The molecule has 0 heterocycles.